The Kier molecular flexibility index (Phi) is 13.2. The second-order valence-electron chi connectivity index (χ2n) is 21.7. The van der Waals surface area contributed by atoms with Crippen LogP contribution in [0.15, 0.2) is 274 Å². The minimum Gasteiger partial charge on any atom is -0.316 e. The molecule has 0 unspecified atom stereocenters. The molecule has 0 atom stereocenters. The van der Waals surface area contributed by atoms with Crippen molar-refractivity contribution in [2.75, 3.05) is 4.90 Å². The molecule has 12 aromatic rings. The number of hydrogen-bond donors (Lipinski definition) is 0. The number of hydrogen-bond acceptors (Lipinski definition) is 4. The maximum atomic E-state index is 17.1. The molecule has 3 heterocycles. The quantitative estimate of drug-likeness (QED) is 0.0958. The zero-order chi connectivity index (χ0) is 55.8. The summed E-state index contributed by atoms with van der Waals surface area (Å²) in [4.78, 5) is 30.1. The molecule has 0 fully saturated rings. The third kappa shape index (κ3) is 8.29. The van der Waals surface area contributed by atoms with Gasteiger partial charge in [0.15, 0.2) is 0 Å². The van der Waals surface area contributed by atoms with E-state index in [1.807, 2.05) is 36.9 Å². The van der Waals surface area contributed by atoms with Crippen LogP contribution in [0.3, 0.4) is 0 Å². The van der Waals surface area contributed by atoms with Crippen molar-refractivity contribution in [3.63, 3.8) is 0 Å². The van der Waals surface area contributed by atoms with Gasteiger partial charge in [-0.1, -0.05) is 249 Å². The van der Waals surface area contributed by atoms with E-state index in [-0.39, 0.29) is 18.7 Å². The van der Waals surface area contributed by atoms with E-state index in [4.69, 9.17) is 9.97 Å². The van der Waals surface area contributed by atoms with E-state index in [0.717, 1.165) is 100 Å². The Morgan fingerprint density at radius 1 is 0.463 bits per heavy atom. The number of benzene rings is 10. The summed E-state index contributed by atoms with van der Waals surface area (Å²) < 4.78 is 4.66. The molecule has 10 aromatic carbocycles. The molecule has 0 radical (unpaired) electrons. The lowest BCUT2D eigenvalue weighted by Crippen LogP contribution is -2.44. The van der Waals surface area contributed by atoms with Crippen molar-refractivity contribution in [2.45, 2.75) is 56.7 Å². The van der Waals surface area contributed by atoms with Crippen molar-refractivity contribution >= 4 is 22.4 Å². The Morgan fingerprint density at radius 3 is 1.29 bits per heavy atom. The van der Waals surface area contributed by atoms with Crippen LogP contribution in [0.1, 0.15) is 78.4 Å². The summed E-state index contributed by atoms with van der Waals surface area (Å²) in [7, 11) is 0. The first-order valence-corrected chi connectivity index (χ1v) is 28.1. The first kappa shape index (κ1) is 51.3. The van der Waals surface area contributed by atoms with Crippen LogP contribution in [0, 0.1) is 32.1 Å². The maximum Gasteiger partial charge on any atom is 0.238 e. The number of carbonyl (C=O) groups excluding carboxylic acids is 1. The highest BCUT2D eigenvalue weighted by atomic mass is 16.2. The summed E-state index contributed by atoms with van der Waals surface area (Å²) in [6.45, 7) is 6.82. The second-order valence-corrected chi connectivity index (χ2v) is 21.7. The van der Waals surface area contributed by atoms with E-state index in [0.29, 0.717) is 12.1 Å². The average Bonchev–Trinajstić information content (AvgIpc) is 3.49. The standard InChI is InChI=1S/C75H60N6O/c1-53-66(58-43-41-56(49-76)42-44-58)45-46-68-71(53)79(50-59-27-24-26-57-25-22-23-40-67(57)59)72(82)73(68,47-69-54(2)80(51-77-69)74(60-28-10-4-11-29-60,61-30-12-5-13-31-61)62-32-14-6-15-33-62)48-70-55(3)81(52-78-70)75(63-34-16-7-17-35-63,64-36-18-8-19-37-64)65-38-20-9-21-39-65/h4-46,51-52H,47-48,50H2,1-3H3. The van der Waals surface area contributed by atoms with Crippen LogP contribution in [0.25, 0.3) is 21.9 Å². The van der Waals surface area contributed by atoms with Crippen LogP contribution in [0.5, 0.6) is 0 Å². The molecule has 7 heteroatoms. The van der Waals surface area contributed by atoms with Crippen molar-refractivity contribution in [1.82, 2.24) is 19.1 Å². The van der Waals surface area contributed by atoms with Gasteiger partial charge >= 0.3 is 0 Å². The predicted octanol–water partition coefficient (Wildman–Crippen LogP) is 15.6. The Balaban J connectivity index is 1.06. The predicted molar refractivity (Wildman–Crippen MR) is 329 cm³/mol. The lowest BCUT2D eigenvalue weighted by molar-refractivity contribution is -0.123. The van der Waals surface area contributed by atoms with E-state index >= 15 is 4.79 Å². The highest BCUT2D eigenvalue weighted by molar-refractivity contribution is 6.10. The number of rotatable bonds is 15. The summed E-state index contributed by atoms with van der Waals surface area (Å²) in [5.41, 5.74) is 13.6. The van der Waals surface area contributed by atoms with Crippen LogP contribution >= 0.6 is 0 Å². The van der Waals surface area contributed by atoms with E-state index in [1.54, 1.807) is 0 Å². The molecule has 0 N–H and O–H groups in total. The van der Waals surface area contributed by atoms with Gasteiger partial charge in [-0.15, -0.1) is 0 Å². The van der Waals surface area contributed by atoms with Gasteiger partial charge < -0.3 is 14.0 Å². The monoisotopic (exact) mass is 1060 g/mol. The van der Waals surface area contributed by atoms with Gasteiger partial charge in [0.05, 0.1) is 53.3 Å². The van der Waals surface area contributed by atoms with Gasteiger partial charge in [0.2, 0.25) is 5.91 Å². The Labute approximate surface area is 479 Å². The number of aromatic nitrogens is 4. The molecule has 1 aliphatic heterocycles. The molecular weight excluding hydrogens is 1000 g/mol. The largest absolute Gasteiger partial charge is 0.316 e. The summed E-state index contributed by atoms with van der Waals surface area (Å²) >= 11 is 0. The first-order chi connectivity index (χ1) is 40.3. The van der Waals surface area contributed by atoms with Crippen molar-refractivity contribution in [3.8, 4) is 17.2 Å². The van der Waals surface area contributed by atoms with Crippen LogP contribution in [-0.2, 0) is 40.7 Å². The SMILES string of the molecule is Cc1c(-c2ccc(C#N)cc2)ccc2c1N(Cc1cccc3ccccc13)C(=O)C2(Cc1ncn(C(c2ccccc2)(c2ccccc2)c2ccccc2)c1C)Cc1ncn(C(c2ccccc2)(c2ccccc2)c2ccccc2)c1C. The number of imidazole rings is 2. The number of carbonyl (C=O) groups is 1. The summed E-state index contributed by atoms with van der Waals surface area (Å²) in [6, 6.07) is 93.3. The van der Waals surface area contributed by atoms with Crippen molar-refractivity contribution < 1.29 is 4.79 Å². The minimum atomic E-state index is -1.22. The molecule has 0 saturated carbocycles. The normalized spacial score (nSPS) is 13.0. The Bertz CT molecular complexity index is 3930. The van der Waals surface area contributed by atoms with Gasteiger partial charge in [-0.3, -0.25) is 4.79 Å². The summed E-state index contributed by atoms with van der Waals surface area (Å²) in [5.74, 6) is -0.0145. The third-order valence-corrected chi connectivity index (χ3v) is 17.4. The third-order valence-electron chi connectivity index (χ3n) is 17.4. The van der Waals surface area contributed by atoms with Gasteiger partial charge in [0.25, 0.3) is 0 Å². The average molecular weight is 1060 g/mol. The summed E-state index contributed by atoms with van der Waals surface area (Å²) in [5, 5.41) is 12.0. The van der Waals surface area contributed by atoms with Crippen LogP contribution in [-0.4, -0.2) is 25.0 Å². The minimum absolute atomic E-state index is 0.0145. The topological polar surface area (TPSA) is 79.7 Å². The zero-order valence-corrected chi connectivity index (χ0v) is 46.2. The molecule has 2 aromatic heterocycles. The molecular formula is C75H60N6O. The Hall–Kier alpha value is -10.2. The van der Waals surface area contributed by atoms with Crippen molar-refractivity contribution in [1.29, 1.82) is 5.26 Å². The number of nitrogens with zero attached hydrogens (tertiary/aromatic N) is 6. The number of nitriles is 1. The van der Waals surface area contributed by atoms with Gasteiger partial charge in [-0.25, -0.2) is 9.97 Å². The fourth-order valence-corrected chi connectivity index (χ4v) is 13.5. The molecule has 0 bridgehead atoms. The number of fused-ring (bicyclic) bond motifs is 2. The molecule has 396 valence electrons. The number of anilines is 1. The van der Waals surface area contributed by atoms with Gasteiger partial charge in [-0.05, 0) is 105 Å². The Morgan fingerprint density at radius 2 is 0.866 bits per heavy atom. The molecule has 1 amide bonds. The highest BCUT2D eigenvalue weighted by Gasteiger charge is 2.54. The van der Waals surface area contributed by atoms with Crippen LogP contribution in [0.2, 0.25) is 0 Å². The van der Waals surface area contributed by atoms with Crippen LogP contribution < -0.4 is 4.90 Å². The smallest absolute Gasteiger partial charge is 0.238 e. The molecule has 0 spiro atoms. The molecule has 1 aliphatic rings. The van der Waals surface area contributed by atoms with Crippen LogP contribution in [0.4, 0.5) is 5.69 Å². The van der Waals surface area contributed by atoms with E-state index < -0.39 is 16.5 Å². The van der Waals surface area contributed by atoms with Gasteiger partial charge in [-0.2, -0.15) is 5.26 Å². The first-order valence-electron chi connectivity index (χ1n) is 28.1. The number of amides is 1. The fourth-order valence-electron chi connectivity index (χ4n) is 13.5. The molecule has 13 rings (SSSR count). The molecule has 0 saturated heterocycles. The van der Waals surface area contributed by atoms with E-state index in [9.17, 15) is 5.26 Å². The van der Waals surface area contributed by atoms with E-state index in [1.165, 1.54) is 0 Å². The van der Waals surface area contributed by atoms with Gasteiger partial charge in [0, 0.05) is 24.2 Å². The maximum absolute atomic E-state index is 17.1. The highest BCUT2D eigenvalue weighted by Crippen LogP contribution is 2.52. The lowest BCUT2D eigenvalue weighted by Gasteiger charge is -2.38. The molecule has 0 aliphatic carbocycles. The van der Waals surface area contributed by atoms with E-state index in [2.05, 4.69) is 277 Å². The van der Waals surface area contributed by atoms with Crippen molar-refractivity contribution in [2.24, 2.45) is 0 Å². The lowest BCUT2D eigenvalue weighted by atomic mass is 9.72. The molecule has 7 nitrogen and oxygen atoms in total. The van der Waals surface area contributed by atoms with Gasteiger partial charge in [0.1, 0.15) is 11.1 Å². The fraction of sp³-hybridized carbons (Fsp3) is 0.120. The molecule has 82 heavy (non-hydrogen) atoms. The second kappa shape index (κ2) is 21.1. The zero-order valence-electron chi connectivity index (χ0n) is 46.2. The van der Waals surface area contributed by atoms with Crippen molar-refractivity contribution in [3.05, 3.63) is 352 Å². The summed E-state index contributed by atoms with van der Waals surface area (Å²) in [6.07, 6.45) is 4.54.